The van der Waals surface area contributed by atoms with Crippen molar-refractivity contribution in [2.75, 3.05) is 11.9 Å². The molecular weight excluding hydrogens is 268 g/mol. The maximum absolute atomic E-state index is 12.0. The van der Waals surface area contributed by atoms with E-state index in [-0.39, 0.29) is 17.4 Å². The van der Waals surface area contributed by atoms with Crippen LogP contribution in [0.25, 0.3) is 0 Å². The van der Waals surface area contributed by atoms with Gasteiger partial charge in [-0.25, -0.2) is 13.1 Å². The van der Waals surface area contributed by atoms with E-state index in [1.54, 1.807) is 32.0 Å². The van der Waals surface area contributed by atoms with Crippen LogP contribution in [0.2, 0.25) is 0 Å². The second-order valence-corrected chi connectivity index (χ2v) is 5.88. The summed E-state index contributed by atoms with van der Waals surface area (Å²) in [5, 5.41) is 11.6. The molecule has 1 rings (SSSR count). The van der Waals surface area contributed by atoms with E-state index in [2.05, 4.69) is 10.0 Å². The zero-order chi connectivity index (χ0) is 14.5. The van der Waals surface area contributed by atoms with Gasteiger partial charge in [0.25, 0.3) is 0 Å². The minimum Gasteiger partial charge on any atom is -0.481 e. The fraction of sp³-hybridized carbons (Fsp3) is 0.417. The smallest absolute Gasteiger partial charge is 0.305 e. The van der Waals surface area contributed by atoms with Crippen LogP contribution in [0.5, 0.6) is 0 Å². The maximum atomic E-state index is 12.0. The van der Waals surface area contributed by atoms with E-state index in [4.69, 9.17) is 5.11 Å². The van der Waals surface area contributed by atoms with E-state index in [9.17, 15) is 13.2 Å². The Morgan fingerprint density at radius 2 is 2.00 bits per heavy atom. The molecule has 6 nitrogen and oxygen atoms in total. The summed E-state index contributed by atoms with van der Waals surface area (Å²) in [6.45, 7) is 3.67. The number of nitrogens with one attached hydrogen (secondary N) is 2. The Morgan fingerprint density at radius 3 is 2.58 bits per heavy atom. The molecule has 3 N–H and O–H groups in total. The number of carbonyl (C=O) groups is 1. The minimum absolute atomic E-state index is 0.0877. The molecule has 1 atom stereocenters. The minimum atomic E-state index is -3.58. The Hall–Kier alpha value is -1.60. The van der Waals surface area contributed by atoms with Crippen LogP contribution in [0.15, 0.2) is 29.2 Å². The molecule has 0 bridgehead atoms. The molecule has 0 heterocycles. The highest BCUT2D eigenvalue weighted by Gasteiger charge is 2.18. The second-order valence-electron chi connectivity index (χ2n) is 4.14. The summed E-state index contributed by atoms with van der Waals surface area (Å²) in [7, 11) is -3.58. The van der Waals surface area contributed by atoms with Crippen molar-refractivity contribution in [3.8, 4) is 0 Å². The van der Waals surface area contributed by atoms with Crippen molar-refractivity contribution in [3.63, 3.8) is 0 Å². The predicted octanol–water partition coefficient (Wildman–Crippen LogP) is 1.26. The standard InChI is InChI=1S/C12H18N2O4S/c1-3-13-19(17,18)11-7-5-4-6-10(11)14-9(2)8-12(15)16/h4-7,9,13-14H,3,8H2,1-2H3,(H,15,16). The van der Waals surface area contributed by atoms with Crippen molar-refractivity contribution < 1.29 is 18.3 Å². The van der Waals surface area contributed by atoms with Crippen molar-refractivity contribution in [1.29, 1.82) is 0 Å². The largest absolute Gasteiger partial charge is 0.481 e. The lowest BCUT2D eigenvalue weighted by molar-refractivity contribution is -0.137. The predicted molar refractivity (Wildman–Crippen MR) is 72.6 cm³/mol. The second kappa shape index (κ2) is 6.53. The Bertz CT molecular complexity index is 542. The lowest BCUT2D eigenvalue weighted by atomic mass is 10.2. The summed E-state index contributed by atoms with van der Waals surface area (Å²) >= 11 is 0. The van der Waals surface area contributed by atoms with Gasteiger partial charge in [0.2, 0.25) is 10.0 Å². The Kier molecular flexibility index (Phi) is 5.31. The van der Waals surface area contributed by atoms with Crippen molar-refractivity contribution in [2.45, 2.75) is 31.2 Å². The highest BCUT2D eigenvalue weighted by Crippen LogP contribution is 2.21. The van der Waals surface area contributed by atoms with Gasteiger partial charge in [-0.1, -0.05) is 19.1 Å². The molecule has 0 spiro atoms. The van der Waals surface area contributed by atoms with Crippen LogP contribution in [0.1, 0.15) is 20.3 Å². The van der Waals surface area contributed by atoms with Crippen LogP contribution in [-0.4, -0.2) is 32.1 Å². The molecule has 0 saturated heterocycles. The van der Waals surface area contributed by atoms with E-state index >= 15 is 0 Å². The highest BCUT2D eigenvalue weighted by molar-refractivity contribution is 7.89. The molecular formula is C12H18N2O4S. The fourth-order valence-electron chi connectivity index (χ4n) is 1.67. The molecule has 1 aromatic rings. The average Bonchev–Trinajstić information content (AvgIpc) is 2.28. The normalized spacial score (nSPS) is 12.9. The summed E-state index contributed by atoms with van der Waals surface area (Å²) < 4.78 is 26.4. The molecule has 0 radical (unpaired) electrons. The van der Waals surface area contributed by atoms with Gasteiger partial charge in [-0.2, -0.15) is 0 Å². The van der Waals surface area contributed by atoms with Crippen LogP contribution in [0.3, 0.4) is 0 Å². The first-order valence-electron chi connectivity index (χ1n) is 5.94. The molecule has 0 saturated carbocycles. The first-order valence-corrected chi connectivity index (χ1v) is 7.42. The SMILES string of the molecule is CCNS(=O)(=O)c1ccccc1NC(C)CC(=O)O. The van der Waals surface area contributed by atoms with Gasteiger partial charge in [0.1, 0.15) is 4.90 Å². The van der Waals surface area contributed by atoms with Crippen molar-refractivity contribution in [3.05, 3.63) is 24.3 Å². The fourth-order valence-corrected chi connectivity index (χ4v) is 2.88. The molecule has 7 heteroatoms. The molecule has 0 aliphatic heterocycles. The number of para-hydroxylation sites is 1. The molecule has 1 aromatic carbocycles. The summed E-state index contributed by atoms with van der Waals surface area (Å²) in [6.07, 6.45) is -0.0877. The van der Waals surface area contributed by atoms with Crippen molar-refractivity contribution in [2.24, 2.45) is 0 Å². The van der Waals surface area contributed by atoms with Gasteiger partial charge in [-0.05, 0) is 19.1 Å². The third kappa shape index (κ3) is 4.53. The Morgan fingerprint density at radius 1 is 1.37 bits per heavy atom. The molecule has 1 unspecified atom stereocenters. The molecule has 106 valence electrons. The molecule has 0 amide bonds. The molecule has 0 aliphatic rings. The first-order chi connectivity index (χ1) is 8.86. The summed E-state index contributed by atoms with van der Waals surface area (Å²) in [5.41, 5.74) is 0.400. The van der Waals surface area contributed by atoms with Gasteiger partial charge in [-0.15, -0.1) is 0 Å². The lowest BCUT2D eigenvalue weighted by Crippen LogP contribution is -2.26. The van der Waals surface area contributed by atoms with E-state index in [1.165, 1.54) is 6.07 Å². The summed E-state index contributed by atoms with van der Waals surface area (Å²) in [4.78, 5) is 10.7. The number of sulfonamides is 1. The lowest BCUT2D eigenvalue weighted by Gasteiger charge is -2.16. The molecule has 0 aliphatic carbocycles. The van der Waals surface area contributed by atoms with Gasteiger partial charge in [0.15, 0.2) is 0 Å². The molecule has 0 aromatic heterocycles. The Balaban J connectivity index is 3.00. The van der Waals surface area contributed by atoms with Crippen molar-refractivity contribution in [1.82, 2.24) is 4.72 Å². The number of anilines is 1. The molecule has 19 heavy (non-hydrogen) atoms. The van der Waals surface area contributed by atoms with E-state index in [0.717, 1.165) is 0 Å². The number of hydrogen-bond acceptors (Lipinski definition) is 4. The quantitative estimate of drug-likeness (QED) is 0.701. The van der Waals surface area contributed by atoms with Gasteiger partial charge < -0.3 is 10.4 Å². The number of carboxylic acids is 1. The van der Waals surface area contributed by atoms with Crippen LogP contribution in [0.4, 0.5) is 5.69 Å². The van der Waals surface area contributed by atoms with Crippen molar-refractivity contribution >= 4 is 21.7 Å². The summed E-state index contributed by atoms with van der Waals surface area (Å²) in [5.74, 6) is -0.938. The zero-order valence-electron chi connectivity index (χ0n) is 10.9. The highest BCUT2D eigenvalue weighted by atomic mass is 32.2. The van der Waals surface area contributed by atoms with Gasteiger partial charge >= 0.3 is 5.97 Å². The van der Waals surface area contributed by atoms with E-state index in [0.29, 0.717) is 12.2 Å². The van der Waals surface area contributed by atoms with E-state index < -0.39 is 16.0 Å². The number of hydrogen-bond donors (Lipinski definition) is 3. The van der Waals surface area contributed by atoms with E-state index in [1.807, 2.05) is 0 Å². The third-order valence-corrected chi connectivity index (χ3v) is 4.00. The van der Waals surface area contributed by atoms with Gasteiger partial charge in [0.05, 0.1) is 12.1 Å². The Labute approximate surface area is 112 Å². The van der Waals surface area contributed by atoms with Crippen LogP contribution in [0, 0.1) is 0 Å². The van der Waals surface area contributed by atoms with Gasteiger partial charge in [-0.3, -0.25) is 4.79 Å². The number of rotatable bonds is 7. The van der Waals surface area contributed by atoms with Crippen LogP contribution >= 0.6 is 0 Å². The topological polar surface area (TPSA) is 95.5 Å². The number of aliphatic carboxylic acids is 1. The maximum Gasteiger partial charge on any atom is 0.305 e. The average molecular weight is 286 g/mol. The number of carboxylic acid groups (broad SMARTS) is 1. The monoisotopic (exact) mass is 286 g/mol. The third-order valence-electron chi connectivity index (χ3n) is 2.39. The summed E-state index contributed by atoms with van der Waals surface area (Å²) in [6, 6.07) is 6.05. The molecule has 0 fully saturated rings. The number of benzene rings is 1. The van der Waals surface area contributed by atoms with Crippen LogP contribution < -0.4 is 10.0 Å². The van der Waals surface area contributed by atoms with Gasteiger partial charge in [0, 0.05) is 12.6 Å². The van der Waals surface area contributed by atoms with Crippen LogP contribution in [-0.2, 0) is 14.8 Å². The zero-order valence-corrected chi connectivity index (χ0v) is 11.7. The first kappa shape index (κ1) is 15.5.